The minimum absolute atomic E-state index is 0.239. The van der Waals surface area contributed by atoms with Crippen molar-refractivity contribution < 1.29 is 4.39 Å². The molecule has 0 amide bonds. The Kier molecular flexibility index (Phi) is 4.81. The van der Waals surface area contributed by atoms with E-state index in [0.29, 0.717) is 12.6 Å². The fourth-order valence-corrected chi connectivity index (χ4v) is 3.67. The van der Waals surface area contributed by atoms with Crippen LogP contribution in [0.2, 0.25) is 0 Å². The molecule has 0 aliphatic carbocycles. The fourth-order valence-electron chi connectivity index (χ4n) is 3.67. The molecule has 5 nitrogen and oxygen atoms in total. The maximum absolute atomic E-state index is 13.4. The van der Waals surface area contributed by atoms with Gasteiger partial charge in [-0.15, -0.1) is 0 Å². The first-order valence-corrected chi connectivity index (χ1v) is 9.26. The Morgan fingerprint density at radius 3 is 2.81 bits per heavy atom. The molecule has 0 saturated carbocycles. The highest BCUT2D eigenvalue weighted by Crippen LogP contribution is 2.29. The molecule has 0 radical (unpaired) electrons. The highest BCUT2D eigenvalue weighted by Gasteiger charge is 2.20. The van der Waals surface area contributed by atoms with E-state index in [9.17, 15) is 4.39 Å². The molecule has 6 heteroatoms. The van der Waals surface area contributed by atoms with Gasteiger partial charge in [0.15, 0.2) is 0 Å². The van der Waals surface area contributed by atoms with Crippen LogP contribution in [0.3, 0.4) is 0 Å². The quantitative estimate of drug-likeness (QED) is 0.648. The van der Waals surface area contributed by atoms with Crippen LogP contribution in [0.5, 0.6) is 0 Å². The van der Waals surface area contributed by atoms with Crippen LogP contribution in [-0.2, 0) is 0 Å². The number of benzene rings is 1. The second kappa shape index (κ2) is 7.40. The molecule has 3 heterocycles. The topological polar surface area (TPSA) is 70.0 Å². The molecule has 140 valence electrons. The van der Waals surface area contributed by atoms with E-state index in [2.05, 4.69) is 38.9 Å². The second-order valence-electron chi connectivity index (χ2n) is 7.01. The highest BCUT2D eigenvalue weighted by atomic mass is 19.1. The summed E-state index contributed by atoms with van der Waals surface area (Å²) in [5.41, 5.74) is 9.35. The minimum Gasteiger partial charge on any atom is -0.385 e. The van der Waals surface area contributed by atoms with Crippen molar-refractivity contribution in [2.45, 2.75) is 18.9 Å². The van der Waals surface area contributed by atoms with Crippen molar-refractivity contribution in [3.63, 3.8) is 0 Å². The number of nitrogens with two attached hydrogens (primary N) is 1. The van der Waals surface area contributed by atoms with Gasteiger partial charge in [-0.1, -0.05) is 6.58 Å². The summed E-state index contributed by atoms with van der Waals surface area (Å²) in [5.74, 6) is 0.748. The highest BCUT2D eigenvalue weighted by molar-refractivity contribution is 5.95. The predicted octanol–water partition coefficient (Wildman–Crippen LogP) is 3.40. The lowest BCUT2D eigenvalue weighted by Crippen LogP contribution is -2.43. The lowest BCUT2D eigenvalue weighted by Gasteiger charge is -2.34. The van der Waals surface area contributed by atoms with Gasteiger partial charge in [-0.3, -0.25) is 0 Å². The molecule has 27 heavy (non-hydrogen) atoms. The zero-order chi connectivity index (χ0) is 18.8. The Labute approximate surface area is 158 Å². The molecule has 1 fully saturated rings. The van der Waals surface area contributed by atoms with Gasteiger partial charge < -0.3 is 20.9 Å². The number of hydrogen-bond donors (Lipinski definition) is 3. The first-order valence-electron chi connectivity index (χ1n) is 9.26. The summed E-state index contributed by atoms with van der Waals surface area (Å²) in [4.78, 5) is 10.1. The molecule has 3 aromatic rings. The number of aromatic nitrogens is 2. The summed E-state index contributed by atoms with van der Waals surface area (Å²) in [6.45, 7) is 6.30. The standard InChI is InChI=1S/C21H24FN5/c1-14(11-23)26-17-6-8-27(9-7-17)21-5-2-15(12-25-21)19-13-24-20-10-16(22)3-4-18(19)20/h2-5,10,12-13,17,24,26H,1,6-9,11,23H2. The number of nitrogens with one attached hydrogen (secondary N) is 2. The number of pyridine rings is 1. The number of rotatable bonds is 5. The summed E-state index contributed by atoms with van der Waals surface area (Å²) < 4.78 is 13.4. The van der Waals surface area contributed by atoms with Gasteiger partial charge in [0, 0.05) is 65.8 Å². The van der Waals surface area contributed by atoms with Gasteiger partial charge in [0.05, 0.1) is 0 Å². The molecule has 0 spiro atoms. The molecule has 1 aliphatic heterocycles. The van der Waals surface area contributed by atoms with E-state index in [-0.39, 0.29) is 5.82 Å². The number of piperidine rings is 1. The van der Waals surface area contributed by atoms with Crippen molar-refractivity contribution in [3.05, 3.63) is 60.8 Å². The van der Waals surface area contributed by atoms with Crippen LogP contribution < -0.4 is 16.0 Å². The molecule has 1 saturated heterocycles. The van der Waals surface area contributed by atoms with Crippen LogP contribution in [0, 0.1) is 5.82 Å². The molecule has 0 unspecified atom stereocenters. The summed E-state index contributed by atoms with van der Waals surface area (Å²) in [7, 11) is 0. The lowest BCUT2D eigenvalue weighted by molar-refractivity contribution is 0.442. The Bertz CT molecular complexity index is 939. The van der Waals surface area contributed by atoms with E-state index < -0.39 is 0 Å². The molecule has 4 N–H and O–H groups in total. The molecular formula is C21H24FN5. The predicted molar refractivity (Wildman–Crippen MR) is 108 cm³/mol. The summed E-state index contributed by atoms with van der Waals surface area (Å²) >= 11 is 0. The molecule has 1 aliphatic rings. The normalized spacial score (nSPS) is 15.3. The summed E-state index contributed by atoms with van der Waals surface area (Å²) in [5, 5.41) is 4.39. The van der Waals surface area contributed by atoms with Gasteiger partial charge in [-0.05, 0) is 43.2 Å². The van der Waals surface area contributed by atoms with Crippen LogP contribution in [-0.4, -0.2) is 35.6 Å². The van der Waals surface area contributed by atoms with E-state index in [1.165, 1.54) is 12.1 Å². The first kappa shape index (κ1) is 17.5. The maximum Gasteiger partial charge on any atom is 0.128 e. The molecular weight excluding hydrogens is 341 g/mol. The number of halogens is 1. The van der Waals surface area contributed by atoms with E-state index in [0.717, 1.165) is 59.5 Å². The van der Waals surface area contributed by atoms with Crippen molar-refractivity contribution in [1.29, 1.82) is 0 Å². The number of fused-ring (bicyclic) bond motifs is 1. The molecule has 4 rings (SSSR count). The maximum atomic E-state index is 13.4. The van der Waals surface area contributed by atoms with Crippen LogP contribution in [0.1, 0.15) is 12.8 Å². The van der Waals surface area contributed by atoms with Crippen molar-refractivity contribution in [3.8, 4) is 11.1 Å². The van der Waals surface area contributed by atoms with Crippen LogP contribution >= 0.6 is 0 Å². The third kappa shape index (κ3) is 3.66. The number of hydrogen-bond acceptors (Lipinski definition) is 4. The van der Waals surface area contributed by atoms with E-state index in [4.69, 9.17) is 5.73 Å². The van der Waals surface area contributed by atoms with Gasteiger partial charge in [-0.2, -0.15) is 0 Å². The SMILES string of the molecule is C=C(CN)NC1CCN(c2ccc(-c3c[nH]c4cc(F)ccc34)cn2)CC1. The number of H-pyrrole nitrogens is 1. The van der Waals surface area contributed by atoms with Crippen molar-refractivity contribution >= 4 is 16.7 Å². The largest absolute Gasteiger partial charge is 0.385 e. The van der Waals surface area contributed by atoms with E-state index in [1.807, 2.05) is 12.4 Å². The van der Waals surface area contributed by atoms with Crippen molar-refractivity contribution in [2.75, 3.05) is 24.5 Å². The molecule has 2 aromatic heterocycles. The zero-order valence-corrected chi connectivity index (χ0v) is 15.2. The monoisotopic (exact) mass is 365 g/mol. The Morgan fingerprint density at radius 2 is 2.11 bits per heavy atom. The van der Waals surface area contributed by atoms with E-state index in [1.54, 1.807) is 6.07 Å². The number of anilines is 1. The van der Waals surface area contributed by atoms with Crippen molar-refractivity contribution in [1.82, 2.24) is 15.3 Å². The van der Waals surface area contributed by atoms with Gasteiger partial charge in [-0.25, -0.2) is 9.37 Å². The first-order chi connectivity index (χ1) is 13.1. The smallest absolute Gasteiger partial charge is 0.128 e. The Hall–Kier alpha value is -2.86. The third-order valence-corrected chi connectivity index (χ3v) is 5.18. The average molecular weight is 365 g/mol. The van der Waals surface area contributed by atoms with Crippen molar-refractivity contribution in [2.24, 2.45) is 5.73 Å². The van der Waals surface area contributed by atoms with Crippen LogP contribution in [0.4, 0.5) is 10.2 Å². The molecule has 0 atom stereocenters. The summed E-state index contributed by atoms with van der Waals surface area (Å²) in [6.07, 6.45) is 5.87. The minimum atomic E-state index is -0.239. The Balaban J connectivity index is 1.46. The van der Waals surface area contributed by atoms with Crippen LogP contribution in [0.25, 0.3) is 22.0 Å². The molecule has 1 aromatic carbocycles. The van der Waals surface area contributed by atoms with Gasteiger partial charge in [0.1, 0.15) is 11.6 Å². The molecule has 0 bridgehead atoms. The zero-order valence-electron chi connectivity index (χ0n) is 15.2. The lowest BCUT2D eigenvalue weighted by atomic mass is 10.0. The number of aromatic amines is 1. The van der Waals surface area contributed by atoms with Gasteiger partial charge >= 0.3 is 0 Å². The van der Waals surface area contributed by atoms with Gasteiger partial charge in [0.25, 0.3) is 0 Å². The number of nitrogens with zero attached hydrogens (tertiary/aromatic N) is 2. The summed E-state index contributed by atoms with van der Waals surface area (Å²) in [6, 6.07) is 9.37. The average Bonchev–Trinajstić information content (AvgIpc) is 3.11. The fraction of sp³-hybridized carbons (Fsp3) is 0.286. The van der Waals surface area contributed by atoms with E-state index >= 15 is 0 Å². The second-order valence-corrected chi connectivity index (χ2v) is 7.01. The van der Waals surface area contributed by atoms with Gasteiger partial charge in [0.2, 0.25) is 0 Å². The third-order valence-electron chi connectivity index (χ3n) is 5.18. The van der Waals surface area contributed by atoms with Crippen LogP contribution in [0.15, 0.2) is 55.0 Å². The Morgan fingerprint density at radius 1 is 1.30 bits per heavy atom.